The maximum atomic E-state index is 12.5. The van der Waals surface area contributed by atoms with E-state index in [1.54, 1.807) is 11.2 Å². The lowest BCUT2D eigenvalue weighted by Gasteiger charge is -2.33. The first kappa shape index (κ1) is 19.0. The van der Waals surface area contributed by atoms with Crippen LogP contribution in [0.15, 0.2) is 0 Å². The summed E-state index contributed by atoms with van der Waals surface area (Å²) >= 11 is 0. The van der Waals surface area contributed by atoms with E-state index in [1.807, 2.05) is 0 Å². The lowest BCUT2D eigenvalue weighted by molar-refractivity contribution is -0.128. The summed E-state index contributed by atoms with van der Waals surface area (Å²) in [5, 5.41) is 3.13. The molecule has 23 heavy (non-hydrogen) atoms. The van der Waals surface area contributed by atoms with Gasteiger partial charge in [-0.3, -0.25) is 4.79 Å². The average Bonchev–Trinajstić information content (AvgIpc) is 3.08. The standard InChI is InChI=1S/C15H27N3O3S.ClH/c1-2-22(20,21)18-7-5-12(6-8-18)17-15(19)13-10-3-4-11(9-10)14(13)16;/h10-14H,2-9,16H2,1H3,(H,17,19);1H. The van der Waals surface area contributed by atoms with Crippen LogP contribution in [-0.2, 0) is 14.8 Å². The molecule has 2 bridgehead atoms. The number of carbonyl (C=O) groups excluding carboxylic acids is 1. The number of nitrogens with zero attached hydrogens (tertiary/aromatic N) is 1. The molecule has 1 heterocycles. The first-order valence-electron chi connectivity index (χ1n) is 8.46. The van der Waals surface area contributed by atoms with Gasteiger partial charge in [-0.1, -0.05) is 0 Å². The molecule has 6 nitrogen and oxygen atoms in total. The van der Waals surface area contributed by atoms with Crippen molar-refractivity contribution in [2.24, 2.45) is 23.5 Å². The van der Waals surface area contributed by atoms with Gasteiger partial charge in [0, 0.05) is 25.2 Å². The van der Waals surface area contributed by atoms with Crippen molar-refractivity contribution in [1.29, 1.82) is 0 Å². The van der Waals surface area contributed by atoms with Crippen molar-refractivity contribution in [3.05, 3.63) is 0 Å². The molecule has 3 aliphatic rings. The molecule has 4 atom stereocenters. The molecule has 0 radical (unpaired) electrons. The lowest BCUT2D eigenvalue weighted by Crippen LogP contribution is -2.51. The van der Waals surface area contributed by atoms with Crippen molar-refractivity contribution in [2.75, 3.05) is 18.8 Å². The van der Waals surface area contributed by atoms with Gasteiger partial charge in [-0.25, -0.2) is 12.7 Å². The van der Waals surface area contributed by atoms with Crippen LogP contribution in [-0.4, -0.2) is 49.6 Å². The molecule has 3 fully saturated rings. The number of nitrogens with one attached hydrogen (secondary N) is 1. The maximum absolute atomic E-state index is 12.5. The number of amides is 1. The quantitative estimate of drug-likeness (QED) is 0.767. The molecule has 0 aromatic heterocycles. The van der Waals surface area contributed by atoms with E-state index in [4.69, 9.17) is 5.73 Å². The van der Waals surface area contributed by atoms with Crippen molar-refractivity contribution >= 4 is 28.3 Å². The largest absolute Gasteiger partial charge is 0.353 e. The number of sulfonamides is 1. The van der Waals surface area contributed by atoms with Crippen molar-refractivity contribution in [3.63, 3.8) is 0 Å². The number of piperidine rings is 1. The third-order valence-corrected chi connectivity index (χ3v) is 7.72. The van der Waals surface area contributed by atoms with E-state index in [-0.39, 0.29) is 42.1 Å². The summed E-state index contributed by atoms with van der Waals surface area (Å²) < 4.78 is 25.2. The molecule has 3 N–H and O–H groups in total. The molecule has 2 aliphatic carbocycles. The zero-order valence-corrected chi connectivity index (χ0v) is 15.2. The number of rotatable bonds is 4. The van der Waals surface area contributed by atoms with E-state index in [1.165, 1.54) is 6.42 Å². The number of hydrogen-bond donors (Lipinski definition) is 2. The third kappa shape index (κ3) is 3.67. The van der Waals surface area contributed by atoms with E-state index < -0.39 is 10.0 Å². The van der Waals surface area contributed by atoms with Crippen LogP contribution in [0.25, 0.3) is 0 Å². The summed E-state index contributed by atoms with van der Waals surface area (Å²) in [5.41, 5.74) is 6.22. The van der Waals surface area contributed by atoms with Crippen LogP contribution < -0.4 is 11.1 Å². The Labute approximate surface area is 145 Å². The Bertz CT molecular complexity index is 532. The van der Waals surface area contributed by atoms with E-state index in [2.05, 4.69) is 5.32 Å². The Balaban J connectivity index is 0.00000192. The van der Waals surface area contributed by atoms with Gasteiger partial charge in [-0.05, 0) is 50.9 Å². The van der Waals surface area contributed by atoms with Gasteiger partial charge < -0.3 is 11.1 Å². The smallest absolute Gasteiger partial charge is 0.225 e. The number of carbonyl (C=O) groups is 1. The Morgan fingerprint density at radius 3 is 2.30 bits per heavy atom. The minimum absolute atomic E-state index is 0. The SMILES string of the molecule is CCS(=O)(=O)N1CCC(NC(=O)C2C3CCC(C3)C2N)CC1.Cl. The van der Waals surface area contributed by atoms with E-state index in [0.717, 1.165) is 12.8 Å². The fraction of sp³-hybridized carbons (Fsp3) is 0.933. The summed E-state index contributed by atoms with van der Waals surface area (Å²) in [4.78, 5) is 12.5. The Hall–Kier alpha value is -0.370. The lowest BCUT2D eigenvalue weighted by atomic mass is 9.84. The normalized spacial score (nSPS) is 35.0. The molecule has 3 rings (SSSR count). The van der Waals surface area contributed by atoms with Crippen molar-refractivity contribution in [3.8, 4) is 0 Å². The van der Waals surface area contributed by atoms with Crippen molar-refractivity contribution in [2.45, 2.75) is 51.1 Å². The van der Waals surface area contributed by atoms with Gasteiger partial charge >= 0.3 is 0 Å². The number of halogens is 1. The minimum atomic E-state index is -3.10. The Morgan fingerprint density at radius 2 is 1.78 bits per heavy atom. The van der Waals surface area contributed by atoms with E-state index in [0.29, 0.717) is 37.8 Å². The monoisotopic (exact) mass is 365 g/mol. The average molecular weight is 366 g/mol. The molecule has 1 aliphatic heterocycles. The zero-order chi connectivity index (χ0) is 15.9. The van der Waals surface area contributed by atoms with Gasteiger partial charge in [0.15, 0.2) is 0 Å². The second-order valence-electron chi connectivity index (χ2n) is 7.02. The van der Waals surface area contributed by atoms with Gasteiger partial charge in [0.25, 0.3) is 0 Å². The molecule has 2 saturated carbocycles. The Kier molecular flexibility index (Phi) is 5.98. The molecule has 4 unspecified atom stereocenters. The van der Waals surface area contributed by atoms with E-state index in [9.17, 15) is 13.2 Å². The summed E-state index contributed by atoms with van der Waals surface area (Å²) in [7, 11) is -3.10. The molecule has 8 heteroatoms. The van der Waals surface area contributed by atoms with Crippen LogP contribution in [0.1, 0.15) is 39.0 Å². The zero-order valence-electron chi connectivity index (χ0n) is 13.6. The highest BCUT2D eigenvalue weighted by Gasteiger charge is 2.49. The summed E-state index contributed by atoms with van der Waals surface area (Å²) in [5.74, 6) is 1.19. The van der Waals surface area contributed by atoms with Crippen LogP contribution in [0, 0.1) is 17.8 Å². The van der Waals surface area contributed by atoms with Gasteiger partial charge in [0.1, 0.15) is 0 Å². The van der Waals surface area contributed by atoms with Gasteiger partial charge in [-0.2, -0.15) is 0 Å². The van der Waals surface area contributed by atoms with Crippen molar-refractivity contribution in [1.82, 2.24) is 9.62 Å². The van der Waals surface area contributed by atoms with Crippen LogP contribution >= 0.6 is 12.4 Å². The molecule has 0 aromatic carbocycles. The molecular weight excluding hydrogens is 338 g/mol. The first-order chi connectivity index (χ1) is 10.4. The fourth-order valence-electron chi connectivity index (χ4n) is 4.48. The number of fused-ring (bicyclic) bond motifs is 2. The van der Waals surface area contributed by atoms with Crippen molar-refractivity contribution < 1.29 is 13.2 Å². The van der Waals surface area contributed by atoms with Crippen LogP contribution in [0.4, 0.5) is 0 Å². The second-order valence-corrected chi connectivity index (χ2v) is 9.28. The molecule has 0 aromatic rings. The summed E-state index contributed by atoms with van der Waals surface area (Å²) in [6, 6.07) is 0.0986. The van der Waals surface area contributed by atoms with Gasteiger partial charge in [0.2, 0.25) is 15.9 Å². The molecule has 1 saturated heterocycles. The van der Waals surface area contributed by atoms with Crippen LogP contribution in [0.2, 0.25) is 0 Å². The summed E-state index contributed by atoms with van der Waals surface area (Å²) in [6.45, 7) is 2.67. The second kappa shape index (κ2) is 7.25. The van der Waals surface area contributed by atoms with Crippen LogP contribution in [0.5, 0.6) is 0 Å². The fourth-order valence-corrected chi connectivity index (χ4v) is 5.62. The highest BCUT2D eigenvalue weighted by atomic mass is 35.5. The third-order valence-electron chi connectivity index (χ3n) is 5.84. The molecule has 134 valence electrons. The maximum Gasteiger partial charge on any atom is 0.225 e. The summed E-state index contributed by atoms with van der Waals surface area (Å²) in [6.07, 6.45) is 4.79. The van der Waals surface area contributed by atoms with Gasteiger partial charge in [0.05, 0.1) is 11.7 Å². The van der Waals surface area contributed by atoms with E-state index >= 15 is 0 Å². The number of nitrogens with two attached hydrogens (primary N) is 1. The minimum Gasteiger partial charge on any atom is -0.353 e. The topological polar surface area (TPSA) is 92.5 Å². The highest BCUT2D eigenvalue weighted by molar-refractivity contribution is 7.89. The Morgan fingerprint density at radius 1 is 1.17 bits per heavy atom. The molecular formula is C15H28ClN3O3S. The first-order valence-corrected chi connectivity index (χ1v) is 10.1. The highest BCUT2D eigenvalue weighted by Crippen LogP contribution is 2.47. The predicted octanol–water partition coefficient (Wildman–Crippen LogP) is 0.712. The number of hydrogen-bond acceptors (Lipinski definition) is 4. The van der Waals surface area contributed by atoms with Crippen LogP contribution in [0.3, 0.4) is 0 Å². The van der Waals surface area contributed by atoms with Gasteiger partial charge in [-0.15, -0.1) is 12.4 Å². The molecule has 1 amide bonds. The molecule has 0 spiro atoms. The predicted molar refractivity (Wildman–Crippen MR) is 91.7 cm³/mol.